The summed E-state index contributed by atoms with van der Waals surface area (Å²) in [6, 6.07) is 17.1. The highest BCUT2D eigenvalue weighted by molar-refractivity contribution is 5.95. The maximum Gasteiger partial charge on any atom is 0.244 e. The van der Waals surface area contributed by atoms with Crippen molar-refractivity contribution in [1.82, 2.24) is 15.5 Å². The fraction of sp³-hybridized carbons (Fsp3) is 0.385. The number of nitrogens with zero attached hydrogens (tertiary/aromatic N) is 1. The Morgan fingerprint density at radius 1 is 1.03 bits per heavy atom. The fourth-order valence-electron chi connectivity index (χ4n) is 3.93. The summed E-state index contributed by atoms with van der Waals surface area (Å²) >= 11 is 0. The Balaban J connectivity index is 1.57. The third-order valence-electron chi connectivity index (χ3n) is 5.78. The quantitative estimate of drug-likeness (QED) is 0.591. The second kappa shape index (κ2) is 12.1. The van der Waals surface area contributed by atoms with Crippen molar-refractivity contribution in [3.63, 3.8) is 0 Å². The second-order valence-electron chi connectivity index (χ2n) is 8.11. The Kier molecular flexibility index (Phi) is 8.87. The molecule has 1 fully saturated rings. The molecule has 0 saturated carbocycles. The van der Waals surface area contributed by atoms with Gasteiger partial charge >= 0.3 is 0 Å². The van der Waals surface area contributed by atoms with Crippen LogP contribution in [-0.4, -0.2) is 49.5 Å². The maximum absolute atomic E-state index is 12.7. The lowest BCUT2D eigenvalue weighted by molar-refractivity contribution is -0.126. The van der Waals surface area contributed by atoms with Gasteiger partial charge in [-0.3, -0.25) is 14.5 Å². The van der Waals surface area contributed by atoms with Crippen molar-refractivity contribution < 1.29 is 14.3 Å². The van der Waals surface area contributed by atoms with Gasteiger partial charge < -0.3 is 15.4 Å². The zero-order valence-electron chi connectivity index (χ0n) is 18.9. The average molecular weight is 436 g/mol. The smallest absolute Gasteiger partial charge is 0.244 e. The number of piperidine rings is 1. The summed E-state index contributed by atoms with van der Waals surface area (Å²) in [5.41, 5.74) is 2.08. The van der Waals surface area contributed by atoms with Gasteiger partial charge in [0.2, 0.25) is 11.8 Å². The van der Waals surface area contributed by atoms with Crippen LogP contribution in [0.2, 0.25) is 0 Å². The molecule has 6 nitrogen and oxygen atoms in total. The van der Waals surface area contributed by atoms with Gasteiger partial charge in [0.05, 0.1) is 13.2 Å². The van der Waals surface area contributed by atoms with Gasteiger partial charge in [-0.05, 0) is 62.2 Å². The van der Waals surface area contributed by atoms with Crippen LogP contribution in [0.4, 0.5) is 0 Å². The van der Waals surface area contributed by atoms with Gasteiger partial charge in [-0.25, -0.2) is 0 Å². The van der Waals surface area contributed by atoms with Gasteiger partial charge in [-0.2, -0.15) is 0 Å². The van der Waals surface area contributed by atoms with E-state index in [1.54, 1.807) is 20.1 Å². The molecule has 0 bridgehead atoms. The summed E-state index contributed by atoms with van der Waals surface area (Å²) < 4.78 is 5.28. The van der Waals surface area contributed by atoms with Crippen LogP contribution in [0, 0.1) is 0 Å². The van der Waals surface area contributed by atoms with Crippen LogP contribution in [0.5, 0.6) is 5.75 Å². The molecular weight excluding hydrogens is 402 g/mol. The highest BCUT2D eigenvalue weighted by Crippen LogP contribution is 2.25. The van der Waals surface area contributed by atoms with Gasteiger partial charge in [0.15, 0.2) is 0 Å². The molecule has 1 aliphatic rings. The monoisotopic (exact) mass is 435 g/mol. The van der Waals surface area contributed by atoms with E-state index >= 15 is 0 Å². The van der Waals surface area contributed by atoms with Crippen molar-refractivity contribution >= 4 is 17.9 Å². The van der Waals surface area contributed by atoms with Crippen LogP contribution in [0.1, 0.15) is 43.4 Å². The van der Waals surface area contributed by atoms with E-state index in [0.29, 0.717) is 6.54 Å². The van der Waals surface area contributed by atoms with Gasteiger partial charge in [-0.1, -0.05) is 48.9 Å². The molecule has 2 amide bonds. The Hall–Kier alpha value is -3.12. The average Bonchev–Trinajstić information content (AvgIpc) is 2.84. The Bertz CT molecular complexity index is 890. The lowest BCUT2D eigenvalue weighted by Crippen LogP contribution is -2.47. The second-order valence-corrected chi connectivity index (χ2v) is 8.11. The summed E-state index contributed by atoms with van der Waals surface area (Å²) in [4.78, 5) is 27.3. The molecule has 0 aliphatic carbocycles. The van der Waals surface area contributed by atoms with Crippen LogP contribution in [0.25, 0.3) is 6.08 Å². The molecule has 0 radical (unpaired) electrons. The number of rotatable bonds is 9. The number of ether oxygens (including phenoxy) is 1. The fourth-order valence-corrected chi connectivity index (χ4v) is 3.93. The molecule has 0 spiro atoms. The number of nitrogens with one attached hydrogen (secondary N) is 2. The number of hydrogen-bond acceptors (Lipinski definition) is 4. The van der Waals surface area contributed by atoms with Gasteiger partial charge in [0.25, 0.3) is 0 Å². The molecule has 2 aromatic carbocycles. The summed E-state index contributed by atoms with van der Waals surface area (Å²) in [6.45, 7) is 4.23. The normalized spacial score (nSPS) is 16.3. The van der Waals surface area contributed by atoms with E-state index in [9.17, 15) is 9.59 Å². The van der Waals surface area contributed by atoms with Crippen molar-refractivity contribution in [2.24, 2.45) is 0 Å². The van der Waals surface area contributed by atoms with E-state index in [1.807, 2.05) is 42.5 Å². The van der Waals surface area contributed by atoms with Crippen molar-refractivity contribution in [1.29, 1.82) is 0 Å². The molecule has 170 valence electrons. The minimum atomic E-state index is -0.624. The first-order valence-electron chi connectivity index (χ1n) is 11.3. The van der Waals surface area contributed by atoms with Gasteiger partial charge in [-0.15, -0.1) is 0 Å². The summed E-state index contributed by atoms with van der Waals surface area (Å²) in [5.74, 6) is 0.330. The Labute approximate surface area is 190 Å². The SMILES string of the molecule is COc1ccc(C(CNC(=O)C(C)NC(=O)/C=C/c2ccccc2)N2CCCCC2)cc1. The predicted octanol–water partition coefficient (Wildman–Crippen LogP) is 3.56. The van der Waals surface area contributed by atoms with Gasteiger partial charge in [0, 0.05) is 12.6 Å². The third-order valence-corrected chi connectivity index (χ3v) is 5.78. The number of likely N-dealkylation sites (tertiary alicyclic amines) is 1. The molecule has 1 heterocycles. The molecule has 0 aromatic heterocycles. The number of methoxy groups -OCH3 is 1. The molecule has 1 aliphatic heterocycles. The third kappa shape index (κ3) is 6.95. The van der Waals surface area contributed by atoms with Crippen LogP contribution < -0.4 is 15.4 Å². The van der Waals surface area contributed by atoms with E-state index in [2.05, 4.69) is 27.7 Å². The predicted molar refractivity (Wildman–Crippen MR) is 127 cm³/mol. The lowest BCUT2D eigenvalue weighted by Gasteiger charge is -2.35. The molecular formula is C26H33N3O3. The van der Waals surface area contributed by atoms with Crippen LogP contribution >= 0.6 is 0 Å². The zero-order chi connectivity index (χ0) is 22.8. The minimum absolute atomic E-state index is 0.0889. The molecule has 3 rings (SSSR count). The molecule has 6 heteroatoms. The van der Waals surface area contributed by atoms with E-state index < -0.39 is 6.04 Å². The first-order chi connectivity index (χ1) is 15.6. The molecule has 2 aromatic rings. The van der Waals surface area contributed by atoms with Crippen molar-refractivity contribution in [3.8, 4) is 5.75 Å². The maximum atomic E-state index is 12.7. The number of hydrogen-bond donors (Lipinski definition) is 2. The summed E-state index contributed by atoms with van der Waals surface area (Å²) in [7, 11) is 1.65. The zero-order valence-corrected chi connectivity index (χ0v) is 18.9. The van der Waals surface area contributed by atoms with E-state index in [0.717, 1.165) is 30.0 Å². The number of amides is 2. The summed E-state index contributed by atoms with van der Waals surface area (Å²) in [5, 5.41) is 5.78. The largest absolute Gasteiger partial charge is 0.497 e. The van der Waals surface area contributed by atoms with Crippen LogP contribution in [0.3, 0.4) is 0 Å². The van der Waals surface area contributed by atoms with Crippen LogP contribution in [0.15, 0.2) is 60.7 Å². The first kappa shape index (κ1) is 23.5. The van der Waals surface area contributed by atoms with Crippen LogP contribution in [-0.2, 0) is 9.59 Å². The minimum Gasteiger partial charge on any atom is -0.497 e. The Morgan fingerprint density at radius 2 is 1.72 bits per heavy atom. The Morgan fingerprint density at radius 3 is 2.38 bits per heavy atom. The van der Waals surface area contributed by atoms with Crippen molar-refractivity contribution in [2.45, 2.75) is 38.3 Å². The number of carbonyl (C=O) groups excluding carboxylic acids is 2. The lowest BCUT2D eigenvalue weighted by atomic mass is 10.0. The standard InChI is InChI=1S/C26H33N3O3/c1-20(28-25(30)16-11-21-9-5-3-6-10-21)26(31)27-19-24(29-17-7-4-8-18-29)22-12-14-23(32-2)15-13-22/h3,5-6,9-16,20,24H,4,7-8,17-19H2,1-2H3,(H,27,31)(H,28,30)/b16-11+. The summed E-state index contributed by atoms with van der Waals surface area (Å²) in [6.07, 6.45) is 6.77. The highest BCUT2D eigenvalue weighted by atomic mass is 16.5. The van der Waals surface area contributed by atoms with E-state index in [1.165, 1.54) is 25.3 Å². The molecule has 2 atom stereocenters. The van der Waals surface area contributed by atoms with Crippen molar-refractivity contribution in [3.05, 3.63) is 71.8 Å². The first-order valence-corrected chi connectivity index (χ1v) is 11.3. The highest BCUT2D eigenvalue weighted by Gasteiger charge is 2.24. The molecule has 1 saturated heterocycles. The number of benzene rings is 2. The molecule has 2 unspecified atom stereocenters. The number of carbonyl (C=O) groups is 2. The van der Waals surface area contributed by atoms with Crippen molar-refractivity contribution in [2.75, 3.05) is 26.7 Å². The topological polar surface area (TPSA) is 70.7 Å². The van der Waals surface area contributed by atoms with E-state index in [4.69, 9.17) is 4.74 Å². The van der Waals surface area contributed by atoms with E-state index in [-0.39, 0.29) is 17.9 Å². The van der Waals surface area contributed by atoms with Gasteiger partial charge in [0.1, 0.15) is 11.8 Å². The molecule has 2 N–H and O–H groups in total. The molecule has 32 heavy (non-hydrogen) atoms.